The van der Waals surface area contributed by atoms with Gasteiger partial charge in [-0.1, -0.05) is 30.7 Å². The number of fused-ring (bicyclic) bond motifs is 2. The molecule has 1 saturated heterocycles. The summed E-state index contributed by atoms with van der Waals surface area (Å²) in [5.74, 6) is 0.915. The Hall–Kier alpha value is -1.88. The first-order chi connectivity index (χ1) is 11.3. The summed E-state index contributed by atoms with van der Waals surface area (Å²) >= 11 is 0. The largest absolute Gasteiger partial charge is 0.345 e. The maximum absolute atomic E-state index is 12.6. The molecule has 23 heavy (non-hydrogen) atoms. The van der Waals surface area contributed by atoms with Crippen molar-refractivity contribution in [1.29, 1.82) is 0 Å². The first kappa shape index (κ1) is 14.7. The SMILES string of the molecule is O=c1n(CCN2CCCCC2)nc2n1CCc1ccccc1C2. The van der Waals surface area contributed by atoms with Gasteiger partial charge in [0.25, 0.3) is 0 Å². The Balaban J connectivity index is 1.52. The van der Waals surface area contributed by atoms with Gasteiger partial charge in [-0.05, 0) is 43.5 Å². The molecule has 5 heteroatoms. The van der Waals surface area contributed by atoms with Crippen molar-refractivity contribution in [2.75, 3.05) is 19.6 Å². The molecule has 0 aliphatic carbocycles. The molecule has 4 rings (SSSR count). The van der Waals surface area contributed by atoms with Crippen molar-refractivity contribution >= 4 is 0 Å². The van der Waals surface area contributed by atoms with E-state index >= 15 is 0 Å². The predicted octanol–water partition coefficient (Wildman–Crippen LogP) is 1.68. The van der Waals surface area contributed by atoms with E-state index in [0.29, 0.717) is 6.54 Å². The van der Waals surface area contributed by atoms with Crippen LogP contribution in [0.25, 0.3) is 0 Å². The number of hydrogen-bond donors (Lipinski definition) is 0. The number of aryl methyl sites for hydroxylation is 1. The molecule has 0 radical (unpaired) electrons. The molecule has 0 unspecified atom stereocenters. The molecule has 1 aromatic heterocycles. The Bertz CT molecular complexity index is 740. The highest BCUT2D eigenvalue weighted by atomic mass is 16.2. The molecule has 122 valence electrons. The van der Waals surface area contributed by atoms with Gasteiger partial charge in [0.2, 0.25) is 0 Å². The van der Waals surface area contributed by atoms with Gasteiger partial charge in [-0.3, -0.25) is 4.57 Å². The number of likely N-dealkylation sites (tertiary alicyclic amines) is 1. The third kappa shape index (κ3) is 2.98. The van der Waals surface area contributed by atoms with Crippen LogP contribution in [-0.4, -0.2) is 38.9 Å². The van der Waals surface area contributed by atoms with Gasteiger partial charge in [0.15, 0.2) is 0 Å². The van der Waals surface area contributed by atoms with Crippen LogP contribution in [0.4, 0.5) is 0 Å². The number of rotatable bonds is 3. The Labute approximate surface area is 136 Å². The molecule has 0 bridgehead atoms. The minimum atomic E-state index is 0.0600. The number of benzene rings is 1. The van der Waals surface area contributed by atoms with Crippen LogP contribution in [0.3, 0.4) is 0 Å². The smallest absolute Gasteiger partial charge is 0.301 e. The van der Waals surface area contributed by atoms with E-state index < -0.39 is 0 Å². The van der Waals surface area contributed by atoms with Crippen LogP contribution < -0.4 is 5.69 Å². The quantitative estimate of drug-likeness (QED) is 0.866. The molecular weight excluding hydrogens is 288 g/mol. The average Bonchev–Trinajstić information content (AvgIpc) is 2.77. The van der Waals surface area contributed by atoms with Crippen molar-refractivity contribution in [3.63, 3.8) is 0 Å². The lowest BCUT2D eigenvalue weighted by Gasteiger charge is -2.25. The van der Waals surface area contributed by atoms with Gasteiger partial charge in [0.05, 0.1) is 6.54 Å². The Kier molecular flexibility index (Phi) is 4.04. The fraction of sp³-hybridized carbons (Fsp3) is 0.556. The molecule has 0 spiro atoms. The van der Waals surface area contributed by atoms with E-state index in [2.05, 4.69) is 34.3 Å². The first-order valence-corrected chi connectivity index (χ1v) is 8.77. The van der Waals surface area contributed by atoms with Gasteiger partial charge in [-0.25, -0.2) is 9.48 Å². The van der Waals surface area contributed by atoms with Crippen LogP contribution in [0.15, 0.2) is 29.1 Å². The lowest BCUT2D eigenvalue weighted by molar-refractivity contribution is 0.216. The normalized spacial score (nSPS) is 18.3. The Morgan fingerprint density at radius 2 is 1.74 bits per heavy atom. The molecule has 0 atom stereocenters. The van der Waals surface area contributed by atoms with E-state index in [1.54, 1.807) is 4.68 Å². The number of hydrogen-bond acceptors (Lipinski definition) is 3. The minimum Gasteiger partial charge on any atom is -0.301 e. The predicted molar refractivity (Wildman–Crippen MR) is 89.7 cm³/mol. The molecule has 3 heterocycles. The second kappa shape index (κ2) is 6.32. The standard InChI is InChI=1S/C18H24N4O/c23-18-21-11-8-15-6-2-3-7-16(15)14-17(21)19-22(18)13-12-20-9-4-1-5-10-20/h2-3,6-7H,1,4-5,8-14H2. The lowest BCUT2D eigenvalue weighted by Crippen LogP contribution is -2.35. The van der Waals surface area contributed by atoms with Crippen LogP contribution in [0.2, 0.25) is 0 Å². The molecular formula is C18H24N4O. The molecule has 1 aromatic carbocycles. The second-order valence-corrected chi connectivity index (χ2v) is 6.67. The molecule has 2 aliphatic heterocycles. The van der Waals surface area contributed by atoms with Gasteiger partial charge in [0.1, 0.15) is 5.82 Å². The van der Waals surface area contributed by atoms with Crippen molar-refractivity contribution in [2.24, 2.45) is 0 Å². The van der Waals surface area contributed by atoms with Gasteiger partial charge in [-0.2, -0.15) is 5.10 Å². The summed E-state index contributed by atoms with van der Waals surface area (Å²) in [6, 6.07) is 8.46. The fourth-order valence-electron chi connectivity index (χ4n) is 3.78. The monoisotopic (exact) mass is 312 g/mol. The average molecular weight is 312 g/mol. The zero-order chi connectivity index (χ0) is 15.6. The van der Waals surface area contributed by atoms with Crippen LogP contribution >= 0.6 is 0 Å². The van der Waals surface area contributed by atoms with Gasteiger partial charge >= 0.3 is 5.69 Å². The molecule has 0 amide bonds. The van der Waals surface area contributed by atoms with Crippen LogP contribution in [0.5, 0.6) is 0 Å². The molecule has 5 nitrogen and oxygen atoms in total. The van der Waals surface area contributed by atoms with Crippen molar-refractivity contribution in [1.82, 2.24) is 19.2 Å². The summed E-state index contributed by atoms with van der Waals surface area (Å²) in [4.78, 5) is 15.1. The van der Waals surface area contributed by atoms with Crippen LogP contribution in [0.1, 0.15) is 36.2 Å². The third-order valence-electron chi connectivity index (χ3n) is 5.15. The van der Waals surface area contributed by atoms with Gasteiger partial charge in [0, 0.05) is 19.5 Å². The highest BCUT2D eigenvalue weighted by molar-refractivity contribution is 5.31. The van der Waals surface area contributed by atoms with Crippen LogP contribution in [-0.2, 0) is 25.9 Å². The fourth-order valence-corrected chi connectivity index (χ4v) is 3.78. The summed E-state index contributed by atoms with van der Waals surface area (Å²) in [5.41, 5.74) is 2.71. The molecule has 0 saturated carbocycles. The van der Waals surface area contributed by atoms with Gasteiger partial charge in [-0.15, -0.1) is 0 Å². The van der Waals surface area contributed by atoms with E-state index in [1.807, 2.05) is 4.57 Å². The van der Waals surface area contributed by atoms with E-state index in [1.165, 1.54) is 30.4 Å². The topological polar surface area (TPSA) is 43.1 Å². The maximum atomic E-state index is 12.6. The molecule has 2 aliphatic rings. The summed E-state index contributed by atoms with van der Waals surface area (Å²) in [6.45, 7) is 4.72. The summed E-state index contributed by atoms with van der Waals surface area (Å²) in [5, 5.41) is 4.63. The van der Waals surface area contributed by atoms with Crippen LogP contribution in [0, 0.1) is 0 Å². The number of piperidine rings is 1. The van der Waals surface area contributed by atoms with Gasteiger partial charge < -0.3 is 4.90 Å². The zero-order valence-electron chi connectivity index (χ0n) is 13.6. The van der Waals surface area contributed by atoms with E-state index in [-0.39, 0.29) is 5.69 Å². The van der Waals surface area contributed by atoms with Crippen molar-refractivity contribution in [3.8, 4) is 0 Å². The Morgan fingerprint density at radius 3 is 2.57 bits per heavy atom. The third-order valence-corrected chi connectivity index (χ3v) is 5.15. The van der Waals surface area contributed by atoms with E-state index in [0.717, 1.165) is 44.8 Å². The first-order valence-electron chi connectivity index (χ1n) is 8.77. The zero-order valence-corrected chi connectivity index (χ0v) is 13.6. The second-order valence-electron chi connectivity index (χ2n) is 6.67. The van der Waals surface area contributed by atoms with Crippen molar-refractivity contribution < 1.29 is 0 Å². The molecule has 2 aromatic rings. The van der Waals surface area contributed by atoms with E-state index in [4.69, 9.17) is 0 Å². The Morgan fingerprint density at radius 1 is 0.957 bits per heavy atom. The summed E-state index contributed by atoms with van der Waals surface area (Å²) in [7, 11) is 0. The minimum absolute atomic E-state index is 0.0600. The molecule has 0 N–H and O–H groups in total. The van der Waals surface area contributed by atoms with Crippen molar-refractivity contribution in [2.45, 2.75) is 45.2 Å². The lowest BCUT2D eigenvalue weighted by atomic mass is 10.0. The van der Waals surface area contributed by atoms with Crippen molar-refractivity contribution in [3.05, 3.63) is 51.7 Å². The summed E-state index contributed by atoms with van der Waals surface area (Å²) in [6.07, 6.45) is 5.59. The number of aromatic nitrogens is 3. The van der Waals surface area contributed by atoms with E-state index in [9.17, 15) is 4.79 Å². The highest BCUT2D eigenvalue weighted by Crippen LogP contribution is 2.17. The maximum Gasteiger partial charge on any atom is 0.345 e. The number of nitrogens with zero attached hydrogens (tertiary/aromatic N) is 4. The summed E-state index contributed by atoms with van der Waals surface area (Å²) < 4.78 is 3.55. The highest BCUT2D eigenvalue weighted by Gasteiger charge is 2.19. The molecule has 1 fully saturated rings.